The van der Waals surface area contributed by atoms with Crippen molar-refractivity contribution in [2.75, 3.05) is 13.4 Å². The summed E-state index contributed by atoms with van der Waals surface area (Å²) in [5.41, 5.74) is 2.24. The lowest BCUT2D eigenvalue weighted by Crippen LogP contribution is -1.97. The Kier molecular flexibility index (Phi) is 4.78. The second-order valence-electron chi connectivity index (χ2n) is 5.84. The summed E-state index contributed by atoms with van der Waals surface area (Å²) in [7, 11) is -1.79. The van der Waals surface area contributed by atoms with Crippen molar-refractivity contribution in [2.45, 2.75) is 4.90 Å². The molecule has 26 heavy (non-hydrogen) atoms. The highest BCUT2D eigenvalue weighted by molar-refractivity contribution is 7.90. The van der Waals surface area contributed by atoms with Crippen LogP contribution in [0.15, 0.2) is 65.6 Å². The quantitative estimate of drug-likeness (QED) is 0.664. The van der Waals surface area contributed by atoms with E-state index in [2.05, 4.69) is 0 Å². The summed E-state index contributed by atoms with van der Waals surface area (Å²) in [6.07, 6.45) is 1.11. The molecule has 3 nitrogen and oxygen atoms in total. The molecule has 0 heterocycles. The molecular weight excluding hydrogens is 358 g/mol. The van der Waals surface area contributed by atoms with Crippen LogP contribution in [0.5, 0.6) is 5.75 Å². The first-order valence-electron chi connectivity index (χ1n) is 7.73. The Morgan fingerprint density at radius 3 is 1.58 bits per heavy atom. The fourth-order valence-electron chi connectivity index (χ4n) is 2.68. The minimum atomic E-state index is -3.33. The predicted molar refractivity (Wildman–Crippen MR) is 96.9 cm³/mol. The molecule has 0 aliphatic rings. The zero-order valence-electron chi connectivity index (χ0n) is 14.2. The van der Waals surface area contributed by atoms with E-state index in [1.54, 1.807) is 43.5 Å². The van der Waals surface area contributed by atoms with Gasteiger partial charge in [-0.25, -0.2) is 17.2 Å². The fraction of sp³-hybridized carbons (Fsp3) is 0.100. The third-order valence-corrected chi connectivity index (χ3v) is 5.18. The van der Waals surface area contributed by atoms with Crippen molar-refractivity contribution in [3.8, 4) is 28.0 Å². The summed E-state index contributed by atoms with van der Waals surface area (Å²) in [5, 5.41) is 0. The number of halogens is 2. The molecule has 3 rings (SSSR count). The van der Waals surface area contributed by atoms with Gasteiger partial charge in [-0.1, -0.05) is 24.3 Å². The monoisotopic (exact) mass is 374 g/mol. The summed E-state index contributed by atoms with van der Waals surface area (Å²) < 4.78 is 56.0. The summed E-state index contributed by atoms with van der Waals surface area (Å²) in [6.45, 7) is 0. The van der Waals surface area contributed by atoms with E-state index in [-0.39, 0.29) is 4.90 Å². The van der Waals surface area contributed by atoms with Gasteiger partial charge >= 0.3 is 0 Å². The lowest BCUT2D eigenvalue weighted by molar-refractivity contribution is 0.415. The first kappa shape index (κ1) is 18.1. The normalized spacial score (nSPS) is 11.4. The molecule has 0 saturated heterocycles. The van der Waals surface area contributed by atoms with Crippen LogP contribution in [0.3, 0.4) is 0 Å². The molecule has 0 bridgehead atoms. The zero-order chi connectivity index (χ0) is 18.9. The Labute approximate surface area is 150 Å². The van der Waals surface area contributed by atoms with E-state index in [9.17, 15) is 17.2 Å². The van der Waals surface area contributed by atoms with E-state index >= 15 is 0 Å². The van der Waals surface area contributed by atoms with Crippen LogP contribution in [0.25, 0.3) is 22.3 Å². The highest BCUT2D eigenvalue weighted by Gasteiger charge is 2.14. The summed E-state index contributed by atoms with van der Waals surface area (Å²) >= 11 is 0. The minimum absolute atomic E-state index is 0.162. The summed E-state index contributed by atoms with van der Waals surface area (Å²) in [4.78, 5) is 0.162. The smallest absolute Gasteiger partial charge is 0.175 e. The molecule has 0 amide bonds. The van der Waals surface area contributed by atoms with Crippen LogP contribution in [0.4, 0.5) is 8.78 Å². The van der Waals surface area contributed by atoms with Crippen LogP contribution >= 0.6 is 0 Å². The van der Waals surface area contributed by atoms with Crippen molar-refractivity contribution in [3.05, 3.63) is 72.3 Å². The Balaban J connectivity index is 2.15. The average molecular weight is 374 g/mol. The Morgan fingerprint density at radius 1 is 0.769 bits per heavy atom. The van der Waals surface area contributed by atoms with Gasteiger partial charge in [-0.3, -0.25) is 0 Å². The fourth-order valence-corrected chi connectivity index (χ4v) is 3.31. The van der Waals surface area contributed by atoms with Gasteiger partial charge in [0.15, 0.2) is 21.5 Å². The molecule has 0 aliphatic carbocycles. The highest BCUT2D eigenvalue weighted by Crippen LogP contribution is 2.35. The largest absolute Gasteiger partial charge is 0.497 e. The Bertz CT molecular complexity index is 1040. The van der Waals surface area contributed by atoms with Crippen molar-refractivity contribution >= 4 is 9.84 Å². The van der Waals surface area contributed by atoms with E-state index in [4.69, 9.17) is 4.74 Å². The van der Waals surface area contributed by atoms with Crippen molar-refractivity contribution in [2.24, 2.45) is 0 Å². The first-order valence-corrected chi connectivity index (χ1v) is 9.62. The van der Waals surface area contributed by atoms with Gasteiger partial charge in [0.05, 0.1) is 12.0 Å². The van der Waals surface area contributed by atoms with E-state index < -0.39 is 21.5 Å². The van der Waals surface area contributed by atoms with E-state index in [0.717, 1.165) is 18.4 Å². The van der Waals surface area contributed by atoms with Gasteiger partial charge in [0, 0.05) is 6.26 Å². The number of hydrogen-bond acceptors (Lipinski definition) is 3. The molecule has 0 N–H and O–H groups in total. The van der Waals surface area contributed by atoms with Crippen molar-refractivity contribution in [3.63, 3.8) is 0 Å². The molecule has 3 aromatic carbocycles. The van der Waals surface area contributed by atoms with Crippen LogP contribution in [0, 0.1) is 11.6 Å². The van der Waals surface area contributed by atoms with Crippen molar-refractivity contribution in [1.29, 1.82) is 0 Å². The number of benzene rings is 3. The first-order chi connectivity index (χ1) is 12.3. The van der Waals surface area contributed by atoms with Gasteiger partial charge < -0.3 is 4.74 Å². The Morgan fingerprint density at radius 2 is 1.19 bits per heavy atom. The predicted octanol–water partition coefficient (Wildman–Crippen LogP) is 4.71. The van der Waals surface area contributed by atoms with Crippen LogP contribution < -0.4 is 4.74 Å². The average Bonchev–Trinajstić information content (AvgIpc) is 2.63. The number of sulfone groups is 1. The molecule has 6 heteroatoms. The molecule has 0 spiro atoms. The standard InChI is InChI=1S/C20H16F2O3S/c1-25-15-7-3-13(4-8-15)17-11-19(21)20(22)12-18(17)14-5-9-16(10-6-14)26(2,23)24/h3-12H,1-2H3. The molecule has 0 saturated carbocycles. The topological polar surface area (TPSA) is 43.4 Å². The maximum Gasteiger partial charge on any atom is 0.175 e. The molecule has 0 fully saturated rings. The highest BCUT2D eigenvalue weighted by atomic mass is 32.2. The van der Waals surface area contributed by atoms with Gasteiger partial charge in [0.2, 0.25) is 0 Å². The molecule has 0 atom stereocenters. The maximum atomic E-state index is 13.9. The number of methoxy groups -OCH3 is 1. The summed E-state index contributed by atoms with van der Waals surface area (Å²) in [6, 6.07) is 15.3. The minimum Gasteiger partial charge on any atom is -0.497 e. The molecule has 0 aromatic heterocycles. The lowest BCUT2D eigenvalue weighted by atomic mass is 9.94. The van der Waals surface area contributed by atoms with Crippen molar-refractivity contribution < 1.29 is 21.9 Å². The van der Waals surface area contributed by atoms with Crippen LogP contribution in [-0.2, 0) is 9.84 Å². The third kappa shape index (κ3) is 3.60. The van der Waals surface area contributed by atoms with Gasteiger partial charge in [0.25, 0.3) is 0 Å². The van der Waals surface area contributed by atoms with Gasteiger partial charge in [-0.05, 0) is 58.7 Å². The molecular formula is C20H16F2O3S. The maximum absolute atomic E-state index is 13.9. The van der Waals surface area contributed by atoms with Gasteiger partial charge in [-0.2, -0.15) is 0 Å². The SMILES string of the molecule is COc1ccc(-c2cc(F)c(F)cc2-c2ccc(S(C)(=O)=O)cc2)cc1. The van der Waals surface area contributed by atoms with E-state index in [1.165, 1.54) is 12.1 Å². The Hall–Kier alpha value is -2.73. The lowest BCUT2D eigenvalue weighted by Gasteiger charge is -2.12. The van der Waals surface area contributed by atoms with Gasteiger partial charge in [0.1, 0.15) is 5.75 Å². The molecule has 0 radical (unpaired) electrons. The second kappa shape index (κ2) is 6.88. The second-order valence-corrected chi connectivity index (χ2v) is 7.85. The molecule has 0 unspecified atom stereocenters. The molecule has 3 aromatic rings. The number of hydrogen-bond donors (Lipinski definition) is 0. The van der Waals surface area contributed by atoms with Crippen LogP contribution in [0.2, 0.25) is 0 Å². The van der Waals surface area contributed by atoms with Crippen LogP contribution in [0.1, 0.15) is 0 Å². The number of rotatable bonds is 4. The number of ether oxygens (including phenoxy) is 1. The molecule has 134 valence electrons. The van der Waals surface area contributed by atoms with Crippen LogP contribution in [-0.4, -0.2) is 21.8 Å². The van der Waals surface area contributed by atoms with E-state index in [0.29, 0.717) is 28.0 Å². The van der Waals surface area contributed by atoms with E-state index in [1.807, 2.05) is 0 Å². The van der Waals surface area contributed by atoms with Crippen molar-refractivity contribution in [1.82, 2.24) is 0 Å². The molecule has 0 aliphatic heterocycles. The summed E-state index contributed by atoms with van der Waals surface area (Å²) in [5.74, 6) is -1.27. The van der Waals surface area contributed by atoms with Gasteiger partial charge in [-0.15, -0.1) is 0 Å². The third-order valence-electron chi connectivity index (χ3n) is 4.05. The zero-order valence-corrected chi connectivity index (χ0v) is 15.0.